The number of halogens is 5. The lowest BCUT2D eigenvalue weighted by molar-refractivity contribution is -0.153. The van der Waals surface area contributed by atoms with Crippen LogP contribution in [0.5, 0.6) is 5.75 Å². The first-order valence-electron chi connectivity index (χ1n) is 11.9. The average Bonchev–Trinajstić information content (AvgIpc) is 2.78. The Bertz CT molecular complexity index is 1220. The summed E-state index contributed by atoms with van der Waals surface area (Å²) in [6.45, 7) is 3.85. The molecule has 0 radical (unpaired) electrons. The number of carboxylic acid groups (broad SMARTS) is 1. The molecule has 1 heterocycles. The molecule has 2 aromatic carbocycles. The zero-order chi connectivity index (χ0) is 28.4. The van der Waals surface area contributed by atoms with Gasteiger partial charge in [-0.2, -0.15) is 13.2 Å². The van der Waals surface area contributed by atoms with E-state index in [2.05, 4.69) is 0 Å². The Kier molecular flexibility index (Phi) is 8.64. The van der Waals surface area contributed by atoms with E-state index in [0.717, 1.165) is 12.1 Å². The summed E-state index contributed by atoms with van der Waals surface area (Å²) in [6, 6.07) is 4.99. The minimum Gasteiger partial charge on any atom is -0.484 e. The summed E-state index contributed by atoms with van der Waals surface area (Å²) >= 11 is 0. The lowest BCUT2D eigenvalue weighted by Gasteiger charge is -2.37. The lowest BCUT2D eigenvalue weighted by Crippen LogP contribution is -2.44. The quantitative estimate of drug-likeness (QED) is 0.361. The standard InChI is InChI=1S/C26H28F5NO5Si/c1-38(2,3)25-19(27)10-15(11-20(25)28)12-21(33)24-18-5-4-17(37-14-26(29,30)31)13-16(18)8-9-32(24)22(34)6-7-23(35)36/h4-5,10-11,13,24H,6-9,12,14H2,1-3H3,(H,35,36)/t24-/m1/s1. The third-order valence-corrected chi connectivity index (χ3v) is 8.13. The van der Waals surface area contributed by atoms with Crippen LogP contribution < -0.4 is 9.92 Å². The van der Waals surface area contributed by atoms with Crippen LogP contribution in [-0.4, -0.2) is 55.1 Å². The first-order chi connectivity index (χ1) is 17.6. The summed E-state index contributed by atoms with van der Waals surface area (Å²) in [6.07, 6.45) is -5.59. The van der Waals surface area contributed by atoms with Crippen molar-refractivity contribution in [1.82, 2.24) is 4.90 Å². The molecule has 2 aromatic rings. The van der Waals surface area contributed by atoms with Crippen molar-refractivity contribution < 1.29 is 46.2 Å². The van der Waals surface area contributed by atoms with Gasteiger partial charge in [0.05, 0.1) is 14.5 Å². The highest BCUT2D eigenvalue weighted by Gasteiger charge is 2.36. The maximum atomic E-state index is 14.8. The van der Waals surface area contributed by atoms with Gasteiger partial charge in [0.25, 0.3) is 0 Å². The second-order valence-electron chi connectivity index (χ2n) is 10.2. The fraction of sp³-hybridized carbons (Fsp3) is 0.423. The molecule has 1 N–H and O–H groups in total. The molecule has 38 heavy (non-hydrogen) atoms. The van der Waals surface area contributed by atoms with E-state index in [0.29, 0.717) is 11.1 Å². The molecular formula is C26H28F5NO5Si. The van der Waals surface area contributed by atoms with E-state index in [9.17, 15) is 36.3 Å². The molecule has 6 nitrogen and oxygen atoms in total. The Balaban J connectivity index is 1.95. The van der Waals surface area contributed by atoms with E-state index >= 15 is 0 Å². The van der Waals surface area contributed by atoms with Gasteiger partial charge in [0.1, 0.15) is 23.4 Å². The number of amides is 1. The molecule has 3 rings (SSSR count). The smallest absolute Gasteiger partial charge is 0.422 e. The number of nitrogens with zero attached hydrogens (tertiary/aromatic N) is 1. The van der Waals surface area contributed by atoms with Gasteiger partial charge in [0.2, 0.25) is 5.91 Å². The van der Waals surface area contributed by atoms with Crippen LogP contribution >= 0.6 is 0 Å². The van der Waals surface area contributed by atoms with Gasteiger partial charge in [0, 0.05) is 24.6 Å². The van der Waals surface area contributed by atoms with Gasteiger partial charge in [-0.1, -0.05) is 25.7 Å². The molecule has 206 valence electrons. The van der Waals surface area contributed by atoms with Crippen molar-refractivity contribution in [3.8, 4) is 5.75 Å². The Morgan fingerprint density at radius 2 is 1.68 bits per heavy atom. The van der Waals surface area contributed by atoms with E-state index in [1.165, 1.54) is 23.1 Å². The highest BCUT2D eigenvalue weighted by atomic mass is 28.3. The van der Waals surface area contributed by atoms with Crippen molar-refractivity contribution in [2.24, 2.45) is 0 Å². The molecule has 0 fully saturated rings. The van der Waals surface area contributed by atoms with Gasteiger partial charge in [-0.25, -0.2) is 8.78 Å². The molecule has 0 unspecified atom stereocenters. The first kappa shape index (κ1) is 29.3. The zero-order valence-electron chi connectivity index (χ0n) is 21.1. The second-order valence-corrected chi connectivity index (χ2v) is 15.2. The number of rotatable bonds is 9. The number of ether oxygens (including phenoxy) is 1. The third-order valence-electron chi connectivity index (χ3n) is 6.15. The van der Waals surface area contributed by atoms with E-state index < -0.39 is 69.0 Å². The number of fused-ring (bicyclic) bond motifs is 1. The summed E-state index contributed by atoms with van der Waals surface area (Å²) in [5.41, 5.74) is 0.892. The summed E-state index contributed by atoms with van der Waals surface area (Å²) in [4.78, 5) is 38.6. The normalized spacial score (nSPS) is 15.7. The number of carboxylic acids is 1. The van der Waals surface area contributed by atoms with Crippen molar-refractivity contribution in [3.63, 3.8) is 0 Å². The molecule has 0 saturated heterocycles. The van der Waals surface area contributed by atoms with E-state index in [-0.39, 0.29) is 35.9 Å². The Hall–Kier alpha value is -3.28. The number of carbonyl (C=O) groups is 3. The molecule has 0 aliphatic carbocycles. The fourth-order valence-electron chi connectivity index (χ4n) is 4.57. The van der Waals surface area contributed by atoms with Crippen LogP contribution in [0, 0.1) is 11.6 Å². The van der Waals surface area contributed by atoms with Gasteiger partial charge >= 0.3 is 12.1 Å². The minimum absolute atomic E-state index is 0.00185. The monoisotopic (exact) mass is 557 g/mol. The van der Waals surface area contributed by atoms with Crippen molar-refractivity contribution >= 4 is 30.9 Å². The zero-order valence-corrected chi connectivity index (χ0v) is 22.1. The summed E-state index contributed by atoms with van der Waals surface area (Å²) in [5.74, 6) is -3.94. The summed E-state index contributed by atoms with van der Waals surface area (Å²) < 4.78 is 72.1. The number of Topliss-reactive ketones (excluding diaryl/α,β-unsaturated/α-hetero) is 1. The molecule has 0 saturated carbocycles. The summed E-state index contributed by atoms with van der Waals surface area (Å²) in [5, 5.41) is 8.97. The van der Waals surface area contributed by atoms with Crippen molar-refractivity contribution in [3.05, 3.63) is 58.7 Å². The van der Waals surface area contributed by atoms with Crippen LogP contribution in [0.25, 0.3) is 0 Å². The van der Waals surface area contributed by atoms with Crippen LogP contribution in [0.3, 0.4) is 0 Å². The fourth-order valence-corrected chi connectivity index (χ4v) is 6.15. The first-order valence-corrected chi connectivity index (χ1v) is 15.4. The van der Waals surface area contributed by atoms with Gasteiger partial charge < -0.3 is 14.7 Å². The topological polar surface area (TPSA) is 83.9 Å². The van der Waals surface area contributed by atoms with Gasteiger partial charge in [-0.05, 0) is 47.4 Å². The number of benzene rings is 2. The molecule has 1 aliphatic rings. The molecule has 0 spiro atoms. The summed E-state index contributed by atoms with van der Waals surface area (Å²) in [7, 11) is -2.35. The van der Waals surface area contributed by atoms with Crippen LogP contribution in [0.1, 0.15) is 35.6 Å². The van der Waals surface area contributed by atoms with E-state index in [1.807, 2.05) is 0 Å². The maximum Gasteiger partial charge on any atom is 0.422 e. The van der Waals surface area contributed by atoms with Crippen LogP contribution in [-0.2, 0) is 27.2 Å². The predicted molar refractivity (Wildman–Crippen MR) is 131 cm³/mol. The van der Waals surface area contributed by atoms with Gasteiger partial charge in [-0.15, -0.1) is 0 Å². The highest BCUT2D eigenvalue weighted by Crippen LogP contribution is 2.35. The molecule has 12 heteroatoms. The number of ketones is 1. The predicted octanol–water partition coefficient (Wildman–Crippen LogP) is 4.55. The van der Waals surface area contributed by atoms with E-state index in [1.54, 1.807) is 19.6 Å². The minimum atomic E-state index is -4.54. The molecule has 1 atom stereocenters. The van der Waals surface area contributed by atoms with Crippen molar-refractivity contribution in [2.75, 3.05) is 13.2 Å². The highest BCUT2D eigenvalue weighted by molar-refractivity contribution is 6.88. The number of carbonyl (C=O) groups excluding carboxylic acids is 2. The Morgan fingerprint density at radius 3 is 2.24 bits per heavy atom. The molecule has 1 amide bonds. The number of aliphatic carboxylic acids is 1. The Morgan fingerprint density at radius 1 is 1.05 bits per heavy atom. The molecule has 1 aliphatic heterocycles. The lowest BCUT2D eigenvalue weighted by atomic mass is 9.87. The van der Waals surface area contributed by atoms with Gasteiger partial charge in [0.15, 0.2) is 12.4 Å². The van der Waals surface area contributed by atoms with Gasteiger partial charge in [-0.3, -0.25) is 14.4 Å². The average molecular weight is 558 g/mol. The van der Waals surface area contributed by atoms with E-state index in [4.69, 9.17) is 9.84 Å². The van der Waals surface area contributed by atoms with Crippen LogP contribution in [0.4, 0.5) is 22.0 Å². The SMILES string of the molecule is C[Si](C)(C)c1c(F)cc(CC(=O)[C@H]2c3ccc(OCC(F)(F)F)cc3CCN2C(=O)CCC(=O)O)cc1F. The van der Waals surface area contributed by atoms with Crippen molar-refractivity contribution in [1.29, 1.82) is 0 Å². The number of hydrogen-bond donors (Lipinski definition) is 1. The molecule has 0 bridgehead atoms. The number of alkyl halides is 3. The maximum absolute atomic E-state index is 14.8. The van der Waals surface area contributed by atoms with Crippen LogP contribution in [0.2, 0.25) is 19.6 Å². The number of hydrogen-bond acceptors (Lipinski definition) is 4. The Labute approximate surface area is 217 Å². The second kappa shape index (κ2) is 11.2. The molecule has 0 aromatic heterocycles. The van der Waals surface area contributed by atoms with Crippen LogP contribution in [0.15, 0.2) is 30.3 Å². The molecular weight excluding hydrogens is 529 g/mol. The largest absolute Gasteiger partial charge is 0.484 e. The van der Waals surface area contributed by atoms with Crippen molar-refractivity contribution in [2.45, 2.75) is 57.5 Å². The third kappa shape index (κ3) is 7.18.